The molecule has 0 bridgehead atoms. The van der Waals surface area contributed by atoms with E-state index in [1.165, 1.54) is 0 Å². The second-order valence-corrected chi connectivity index (χ2v) is 5.92. The van der Waals surface area contributed by atoms with Crippen LogP contribution in [0.2, 0.25) is 0 Å². The molecule has 0 heterocycles. The SMILES string of the molecule is CCCC(CC(C)C)(C(=O)OCC)C(CC)OC(=O)OCC. The van der Waals surface area contributed by atoms with Crippen LogP contribution in [0.4, 0.5) is 4.79 Å². The Labute approximate surface area is 134 Å². The van der Waals surface area contributed by atoms with Crippen LogP contribution >= 0.6 is 0 Å². The molecule has 0 aliphatic rings. The molecule has 0 N–H and O–H groups in total. The van der Waals surface area contributed by atoms with E-state index in [1.807, 2.05) is 13.8 Å². The standard InChI is InChI=1S/C17H32O5/c1-7-11-17(12-13(5)6,15(18)20-9-3)14(8-2)22-16(19)21-10-4/h13-14H,7-12H2,1-6H3. The third-order valence-corrected chi connectivity index (χ3v) is 3.64. The first-order chi connectivity index (χ1) is 10.4. The van der Waals surface area contributed by atoms with Crippen molar-refractivity contribution < 1.29 is 23.8 Å². The van der Waals surface area contributed by atoms with Gasteiger partial charge in [0.1, 0.15) is 11.5 Å². The first-order valence-electron chi connectivity index (χ1n) is 8.38. The average molecular weight is 316 g/mol. The third-order valence-electron chi connectivity index (χ3n) is 3.64. The van der Waals surface area contributed by atoms with E-state index in [0.29, 0.717) is 25.9 Å². The Morgan fingerprint density at radius 1 is 1.00 bits per heavy atom. The molecule has 0 saturated carbocycles. The molecule has 22 heavy (non-hydrogen) atoms. The molecule has 0 fully saturated rings. The van der Waals surface area contributed by atoms with Gasteiger partial charge in [0.2, 0.25) is 0 Å². The molecule has 2 unspecified atom stereocenters. The Kier molecular flexibility index (Phi) is 9.86. The lowest BCUT2D eigenvalue weighted by atomic mass is 9.71. The number of hydrogen-bond donors (Lipinski definition) is 0. The van der Waals surface area contributed by atoms with Crippen LogP contribution in [-0.4, -0.2) is 31.4 Å². The van der Waals surface area contributed by atoms with Crippen LogP contribution in [0.3, 0.4) is 0 Å². The van der Waals surface area contributed by atoms with Crippen molar-refractivity contribution in [2.45, 2.75) is 73.3 Å². The molecule has 0 saturated heterocycles. The normalized spacial score (nSPS) is 15.0. The maximum atomic E-state index is 12.7. The summed E-state index contributed by atoms with van der Waals surface area (Å²) in [6.45, 7) is 12.1. The summed E-state index contributed by atoms with van der Waals surface area (Å²) in [7, 11) is 0. The number of ether oxygens (including phenoxy) is 3. The van der Waals surface area contributed by atoms with Crippen LogP contribution in [0.25, 0.3) is 0 Å². The molecule has 5 nitrogen and oxygen atoms in total. The molecule has 5 heteroatoms. The second kappa shape index (κ2) is 10.5. The zero-order chi connectivity index (χ0) is 17.2. The van der Waals surface area contributed by atoms with Gasteiger partial charge in [0.25, 0.3) is 0 Å². The predicted octanol–water partition coefficient (Wildman–Crippen LogP) is 4.33. The van der Waals surface area contributed by atoms with Crippen molar-refractivity contribution in [1.82, 2.24) is 0 Å². The van der Waals surface area contributed by atoms with Gasteiger partial charge in [-0.25, -0.2) is 4.79 Å². The fourth-order valence-corrected chi connectivity index (χ4v) is 3.02. The molecular weight excluding hydrogens is 284 g/mol. The van der Waals surface area contributed by atoms with E-state index >= 15 is 0 Å². The zero-order valence-corrected chi connectivity index (χ0v) is 14.9. The quantitative estimate of drug-likeness (QED) is 0.561. The van der Waals surface area contributed by atoms with Gasteiger partial charge in [-0.05, 0) is 39.0 Å². The van der Waals surface area contributed by atoms with Crippen molar-refractivity contribution in [2.24, 2.45) is 11.3 Å². The number of rotatable bonds is 10. The Balaban J connectivity index is 5.52. The Morgan fingerprint density at radius 3 is 2.00 bits per heavy atom. The van der Waals surface area contributed by atoms with E-state index in [4.69, 9.17) is 14.2 Å². The lowest BCUT2D eigenvalue weighted by Crippen LogP contribution is -2.46. The van der Waals surface area contributed by atoms with E-state index in [2.05, 4.69) is 13.8 Å². The molecule has 0 aromatic carbocycles. The fraction of sp³-hybridized carbons (Fsp3) is 0.882. The van der Waals surface area contributed by atoms with E-state index in [-0.39, 0.29) is 18.5 Å². The van der Waals surface area contributed by atoms with Gasteiger partial charge in [-0.3, -0.25) is 4.79 Å². The summed E-state index contributed by atoms with van der Waals surface area (Å²) in [5.74, 6) is 0.0116. The third kappa shape index (κ3) is 5.85. The summed E-state index contributed by atoms with van der Waals surface area (Å²) in [6.07, 6.45) is 1.36. The van der Waals surface area contributed by atoms with Gasteiger partial charge in [0, 0.05) is 0 Å². The van der Waals surface area contributed by atoms with Crippen molar-refractivity contribution >= 4 is 12.1 Å². The number of carbonyl (C=O) groups is 2. The lowest BCUT2D eigenvalue weighted by molar-refractivity contribution is -0.167. The monoisotopic (exact) mass is 316 g/mol. The average Bonchev–Trinajstić information content (AvgIpc) is 2.44. The molecule has 0 rings (SSSR count). The highest BCUT2D eigenvalue weighted by Gasteiger charge is 2.48. The van der Waals surface area contributed by atoms with Crippen molar-refractivity contribution in [2.75, 3.05) is 13.2 Å². The molecule has 0 spiro atoms. The van der Waals surface area contributed by atoms with Gasteiger partial charge in [-0.15, -0.1) is 0 Å². The van der Waals surface area contributed by atoms with Gasteiger partial charge in [0.05, 0.1) is 13.2 Å². The van der Waals surface area contributed by atoms with Crippen molar-refractivity contribution in [1.29, 1.82) is 0 Å². The highest BCUT2D eigenvalue weighted by molar-refractivity contribution is 5.78. The first-order valence-corrected chi connectivity index (χ1v) is 8.38. The maximum absolute atomic E-state index is 12.7. The number of hydrogen-bond acceptors (Lipinski definition) is 5. The molecule has 0 aromatic heterocycles. The summed E-state index contributed by atoms with van der Waals surface area (Å²) in [4.78, 5) is 24.4. The Hall–Kier alpha value is -1.26. The van der Waals surface area contributed by atoms with Crippen LogP contribution in [0.1, 0.15) is 67.2 Å². The minimum atomic E-state index is -0.805. The van der Waals surface area contributed by atoms with Gasteiger partial charge < -0.3 is 14.2 Å². The minimum absolute atomic E-state index is 0.250. The van der Waals surface area contributed by atoms with Gasteiger partial charge in [0.15, 0.2) is 0 Å². The van der Waals surface area contributed by atoms with E-state index in [0.717, 1.165) is 6.42 Å². The van der Waals surface area contributed by atoms with E-state index in [1.54, 1.807) is 13.8 Å². The summed E-state index contributed by atoms with van der Waals surface area (Å²) in [6, 6.07) is 0. The smallest absolute Gasteiger partial charge is 0.465 e. The highest BCUT2D eigenvalue weighted by Crippen LogP contribution is 2.40. The highest BCUT2D eigenvalue weighted by atomic mass is 16.7. The summed E-state index contributed by atoms with van der Waals surface area (Å²) in [5, 5.41) is 0. The summed E-state index contributed by atoms with van der Waals surface area (Å²) in [5.41, 5.74) is -0.805. The summed E-state index contributed by atoms with van der Waals surface area (Å²) < 4.78 is 15.7. The predicted molar refractivity (Wildman–Crippen MR) is 85.6 cm³/mol. The number of carbonyl (C=O) groups excluding carboxylic acids is 2. The molecule has 0 amide bonds. The maximum Gasteiger partial charge on any atom is 0.508 e. The van der Waals surface area contributed by atoms with E-state index < -0.39 is 17.7 Å². The molecule has 0 aliphatic heterocycles. The second-order valence-electron chi connectivity index (χ2n) is 5.92. The van der Waals surface area contributed by atoms with Crippen LogP contribution < -0.4 is 0 Å². The largest absolute Gasteiger partial charge is 0.508 e. The van der Waals surface area contributed by atoms with Crippen LogP contribution in [0.15, 0.2) is 0 Å². The van der Waals surface area contributed by atoms with Crippen molar-refractivity contribution in [3.63, 3.8) is 0 Å². The topological polar surface area (TPSA) is 61.8 Å². The molecule has 2 atom stereocenters. The number of esters is 1. The summed E-state index contributed by atoms with van der Waals surface area (Å²) >= 11 is 0. The Morgan fingerprint density at radius 2 is 1.59 bits per heavy atom. The Bertz CT molecular complexity index is 340. The molecule has 0 radical (unpaired) electrons. The fourth-order valence-electron chi connectivity index (χ4n) is 3.02. The molecule has 0 aliphatic carbocycles. The lowest BCUT2D eigenvalue weighted by Gasteiger charge is -2.38. The van der Waals surface area contributed by atoms with E-state index in [9.17, 15) is 9.59 Å². The van der Waals surface area contributed by atoms with Gasteiger partial charge >= 0.3 is 12.1 Å². The first kappa shape index (κ1) is 20.7. The molecular formula is C17H32O5. The van der Waals surface area contributed by atoms with Crippen molar-refractivity contribution in [3.8, 4) is 0 Å². The minimum Gasteiger partial charge on any atom is -0.465 e. The van der Waals surface area contributed by atoms with Gasteiger partial charge in [-0.2, -0.15) is 0 Å². The van der Waals surface area contributed by atoms with Gasteiger partial charge in [-0.1, -0.05) is 34.1 Å². The van der Waals surface area contributed by atoms with Crippen molar-refractivity contribution in [3.05, 3.63) is 0 Å². The molecule has 0 aromatic rings. The zero-order valence-electron chi connectivity index (χ0n) is 14.9. The van der Waals surface area contributed by atoms with Crippen LogP contribution in [-0.2, 0) is 19.0 Å². The van der Waals surface area contributed by atoms with Crippen LogP contribution in [0.5, 0.6) is 0 Å². The molecule has 130 valence electrons. The van der Waals surface area contributed by atoms with Crippen LogP contribution in [0, 0.1) is 11.3 Å².